The van der Waals surface area contributed by atoms with E-state index in [1.807, 2.05) is 13.8 Å². The summed E-state index contributed by atoms with van der Waals surface area (Å²) < 4.78 is 0. The van der Waals surface area contributed by atoms with Crippen molar-refractivity contribution in [3.63, 3.8) is 0 Å². The lowest BCUT2D eigenvalue weighted by molar-refractivity contribution is -0.137. The number of hydrogen-bond acceptors (Lipinski definition) is 7. The molecule has 0 aliphatic carbocycles. The lowest BCUT2D eigenvalue weighted by Gasteiger charge is -2.19. The molecule has 1 atom stereocenters. The van der Waals surface area contributed by atoms with Gasteiger partial charge in [-0.1, -0.05) is 35.3 Å². The van der Waals surface area contributed by atoms with Crippen molar-refractivity contribution in [3.05, 3.63) is 75.3 Å². The second kappa shape index (κ2) is 12.5. The van der Waals surface area contributed by atoms with E-state index >= 15 is 0 Å². The molecule has 0 bridgehead atoms. The van der Waals surface area contributed by atoms with E-state index in [0.717, 1.165) is 0 Å². The molecule has 0 saturated heterocycles. The molecule has 1 aromatic carbocycles. The molecule has 2 aromatic heterocycles. The van der Waals surface area contributed by atoms with Crippen molar-refractivity contribution >= 4 is 52.6 Å². The summed E-state index contributed by atoms with van der Waals surface area (Å²) in [6, 6.07) is 7.16. The molecule has 10 nitrogen and oxygen atoms in total. The number of aromatic nitrogens is 3. The van der Waals surface area contributed by atoms with Crippen LogP contribution < -0.4 is 10.6 Å². The molecular weight excluding hydrogens is 519 g/mol. The van der Waals surface area contributed by atoms with Crippen molar-refractivity contribution in [2.75, 3.05) is 23.7 Å². The molecule has 3 N–H and O–H groups in total. The summed E-state index contributed by atoms with van der Waals surface area (Å²) in [6.07, 6.45) is 2.75. The van der Waals surface area contributed by atoms with E-state index in [2.05, 4.69) is 25.6 Å². The number of pyridine rings is 1. The van der Waals surface area contributed by atoms with E-state index < -0.39 is 17.9 Å². The molecule has 37 heavy (non-hydrogen) atoms. The highest BCUT2D eigenvalue weighted by molar-refractivity contribution is 6.40. The first-order valence-electron chi connectivity index (χ1n) is 11.5. The predicted octanol–water partition coefficient (Wildman–Crippen LogP) is 4.33. The Morgan fingerprint density at radius 1 is 1.03 bits per heavy atom. The predicted molar refractivity (Wildman–Crippen MR) is 141 cm³/mol. The highest BCUT2D eigenvalue weighted by Gasteiger charge is 2.22. The van der Waals surface area contributed by atoms with Crippen molar-refractivity contribution in [2.24, 2.45) is 0 Å². The van der Waals surface area contributed by atoms with E-state index in [4.69, 9.17) is 23.2 Å². The Kier molecular flexibility index (Phi) is 9.37. The number of benzene rings is 1. The van der Waals surface area contributed by atoms with Crippen LogP contribution in [0.3, 0.4) is 0 Å². The molecule has 12 heteroatoms. The number of nitrogens with one attached hydrogen (secondary N) is 2. The molecule has 0 fully saturated rings. The summed E-state index contributed by atoms with van der Waals surface area (Å²) >= 11 is 12.1. The molecule has 2 amide bonds. The Labute approximate surface area is 224 Å². The number of aryl methyl sites for hydroxylation is 1. The van der Waals surface area contributed by atoms with Gasteiger partial charge in [0.05, 0.1) is 15.6 Å². The van der Waals surface area contributed by atoms with Crippen LogP contribution in [-0.2, 0) is 11.2 Å². The average Bonchev–Trinajstić information content (AvgIpc) is 2.85. The summed E-state index contributed by atoms with van der Waals surface area (Å²) in [4.78, 5) is 51.2. The van der Waals surface area contributed by atoms with Crippen LogP contribution >= 0.6 is 23.2 Å². The van der Waals surface area contributed by atoms with E-state index in [0.29, 0.717) is 30.0 Å². The van der Waals surface area contributed by atoms with Gasteiger partial charge in [0.1, 0.15) is 11.7 Å². The Bertz CT molecular complexity index is 1280. The number of aliphatic carboxylic acids is 1. The summed E-state index contributed by atoms with van der Waals surface area (Å²) in [6.45, 7) is 6.50. The highest BCUT2D eigenvalue weighted by Crippen LogP contribution is 2.24. The van der Waals surface area contributed by atoms with Crippen LogP contribution in [0.25, 0.3) is 0 Å². The number of amides is 2. The van der Waals surface area contributed by atoms with Crippen LogP contribution in [0.4, 0.5) is 11.6 Å². The summed E-state index contributed by atoms with van der Waals surface area (Å²) in [5.41, 5.74) is 1.99. The van der Waals surface area contributed by atoms with Crippen LogP contribution in [0.1, 0.15) is 46.0 Å². The third-order valence-corrected chi connectivity index (χ3v) is 6.03. The zero-order valence-electron chi connectivity index (χ0n) is 20.5. The molecule has 194 valence electrons. The van der Waals surface area contributed by atoms with E-state index in [1.54, 1.807) is 42.2 Å². The van der Waals surface area contributed by atoms with E-state index in [-0.39, 0.29) is 39.6 Å². The van der Waals surface area contributed by atoms with Crippen molar-refractivity contribution < 1.29 is 19.5 Å². The number of hydrogen-bond donors (Lipinski definition) is 3. The van der Waals surface area contributed by atoms with Crippen LogP contribution in [0.2, 0.25) is 10.0 Å². The van der Waals surface area contributed by atoms with Crippen LogP contribution in [0.5, 0.6) is 0 Å². The largest absolute Gasteiger partial charge is 0.480 e. The Morgan fingerprint density at radius 2 is 1.65 bits per heavy atom. The second-order valence-corrected chi connectivity index (χ2v) is 8.88. The first-order valence-corrected chi connectivity index (χ1v) is 12.2. The van der Waals surface area contributed by atoms with Crippen molar-refractivity contribution in [3.8, 4) is 0 Å². The van der Waals surface area contributed by atoms with Gasteiger partial charge in [0, 0.05) is 43.3 Å². The maximum atomic E-state index is 12.7. The van der Waals surface area contributed by atoms with Gasteiger partial charge in [0.15, 0.2) is 0 Å². The fraction of sp³-hybridized carbons (Fsp3) is 0.280. The van der Waals surface area contributed by atoms with E-state index in [1.165, 1.54) is 12.4 Å². The third kappa shape index (κ3) is 7.14. The second-order valence-electron chi connectivity index (χ2n) is 8.06. The maximum absolute atomic E-state index is 12.7. The van der Waals surface area contributed by atoms with Gasteiger partial charge in [-0.15, -0.1) is 0 Å². The molecule has 0 aliphatic rings. The number of nitrogens with zero attached hydrogens (tertiary/aromatic N) is 4. The molecule has 3 rings (SSSR count). The maximum Gasteiger partial charge on any atom is 0.326 e. The topological polar surface area (TPSA) is 137 Å². The molecule has 0 spiro atoms. The van der Waals surface area contributed by atoms with Crippen molar-refractivity contribution in [1.82, 2.24) is 19.9 Å². The number of carbonyl (C=O) groups is 3. The SMILES string of the molecule is CCN(CC)C(=O)c1cc(C)nc(N[C@@H](Cc2ccc(NC(=O)c3c(Cl)cncc3Cl)cc2)C(=O)O)n1. The Balaban J connectivity index is 1.72. The highest BCUT2D eigenvalue weighted by atomic mass is 35.5. The van der Waals surface area contributed by atoms with Gasteiger partial charge in [0.25, 0.3) is 11.8 Å². The lowest BCUT2D eigenvalue weighted by Crippen LogP contribution is -2.34. The summed E-state index contributed by atoms with van der Waals surface area (Å²) in [7, 11) is 0. The molecule has 0 saturated carbocycles. The van der Waals surface area contributed by atoms with Gasteiger partial charge >= 0.3 is 5.97 Å². The van der Waals surface area contributed by atoms with Gasteiger partial charge in [-0.3, -0.25) is 14.6 Å². The van der Waals surface area contributed by atoms with Crippen LogP contribution in [-0.4, -0.2) is 61.9 Å². The monoisotopic (exact) mass is 544 g/mol. The smallest absolute Gasteiger partial charge is 0.326 e. The number of carboxylic acid groups (broad SMARTS) is 1. The Morgan fingerprint density at radius 3 is 2.22 bits per heavy atom. The molecule has 0 unspecified atom stereocenters. The number of carbonyl (C=O) groups excluding carboxylic acids is 2. The standard InChI is InChI=1S/C25H26Cl2N6O4/c1-4-33(5-2)23(35)19-10-14(3)29-25(31-19)32-20(24(36)37)11-15-6-8-16(9-7-15)30-22(34)21-17(26)12-28-13-18(21)27/h6-10,12-13,20H,4-5,11H2,1-3H3,(H,30,34)(H,36,37)(H,29,31,32)/t20-/m0/s1. The minimum Gasteiger partial charge on any atom is -0.480 e. The third-order valence-electron chi connectivity index (χ3n) is 5.46. The van der Waals surface area contributed by atoms with Gasteiger partial charge in [0.2, 0.25) is 5.95 Å². The van der Waals surface area contributed by atoms with Crippen LogP contribution in [0, 0.1) is 6.92 Å². The lowest BCUT2D eigenvalue weighted by atomic mass is 10.1. The zero-order chi connectivity index (χ0) is 27.1. The van der Waals surface area contributed by atoms with Crippen molar-refractivity contribution in [2.45, 2.75) is 33.2 Å². The number of rotatable bonds is 10. The minimum absolute atomic E-state index is 0.0536. The van der Waals surface area contributed by atoms with Gasteiger partial charge < -0.3 is 20.6 Å². The molecule has 0 aliphatic heterocycles. The number of anilines is 2. The van der Waals surface area contributed by atoms with Gasteiger partial charge in [-0.25, -0.2) is 14.8 Å². The van der Waals surface area contributed by atoms with Crippen molar-refractivity contribution in [1.29, 1.82) is 0 Å². The molecule has 3 aromatic rings. The quantitative estimate of drug-likeness (QED) is 0.343. The van der Waals surface area contributed by atoms with Gasteiger partial charge in [-0.05, 0) is 44.5 Å². The summed E-state index contributed by atoms with van der Waals surface area (Å²) in [5, 5.41) is 15.5. The Hall–Kier alpha value is -3.76. The molecular formula is C25H26Cl2N6O4. The number of halogens is 2. The molecule has 0 radical (unpaired) electrons. The fourth-order valence-electron chi connectivity index (χ4n) is 3.55. The molecule has 2 heterocycles. The normalized spacial score (nSPS) is 11.5. The first kappa shape index (κ1) is 27.8. The first-order chi connectivity index (χ1) is 17.6. The number of carboxylic acids is 1. The summed E-state index contributed by atoms with van der Waals surface area (Å²) in [5.74, 6) is -1.81. The van der Waals surface area contributed by atoms with Crippen LogP contribution in [0.15, 0.2) is 42.7 Å². The fourth-order valence-corrected chi connectivity index (χ4v) is 4.09. The zero-order valence-corrected chi connectivity index (χ0v) is 22.0. The average molecular weight is 545 g/mol. The van der Waals surface area contributed by atoms with E-state index in [9.17, 15) is 19.5 Å². The van der Waals surface area contributed by atoms with Gasteiger partial charge in [-0.2, -0.15) is 0 Å². The minimum atomic E-state index is -1.11.